The number of benzene rings is 1. The van der Waals surface area contributed by atoms with Gasteiger partial charge in [-0.3, -0.25) is 23.2 Å². The van der Waals surface area contributed by atoms with Gasteiger partial charge in [0.1, 0.15) is 11.2 Å². The fourth-order valence-corrected chi connectivity index (χ4v) is 4.16. The summed E-state index contributed by atoms with van der Waals surface area (Å²) in [6.45, 7) is 5.49. The van der Waals surface area contributed by atoms with Crippen molar-refractivity contribution in [2.24, 2.45) is 14.1 Å². The minimum Gasteiger partial charge on any atom is -0.368 e. The predicted octanol–water partition coefficient (Wildman–Crippen LogP) is 0.890. The average molecular weight is 420 g/mol. The summed E-state index contributed by atoms with van der Waals surface area (Å²) >= 11 is 0. The summed E-state index contributed by atoms with van der Waals surface area (Å²) < 4.78 is 4.87. The van der Waals surface area contributed by atoms with Gasteiger partial charge < -0.3 is 15.5 Å². The molecule has 1 aliphatic rings. The Balaban J connectivity index is 1.54. The van der Waals surface area contributed by atoms with Gasteiger partial charge in [-0.2, -0.15) is 5.10 Å². The Bertz CT molecular complexity index is 1370. The summed E-state index contributed by atoms with van der Waals surface area (Å²) in [6.07, 6.45) is 5.34. The van der Waals surface area contributed by atoms with Gasteiger partial charge in [0.25, 0.3) is 11.5 Å². The van der Waals surface area contributed by atoms with E-state index < -0.39 is 0 Å². The van der Waals surface area contributed by atoms with Crippen LogP contribution in [-0.2, 0) is 14.1 Å². The van der Waals surface area contributed by atoms with Crippen LogP contribution in [0.4, 0.5) is 11.4 Å². The van der Waals surface area contributed by atoms with Crippen LogP contribution in [0.15, 0.2) is 35.5 Å². The maximum absolute atomic E-state index is 13.2. The zero-order chi connectivity index (χ0) is 21.7. The lowest BCUT2D eigenvalue weighted by molar-refractivity contribution is 0.102. The minimum absolute atomic E-state index is 0.188. The molecule has 0 bridgehead atoms. The fourth-order valence-electron chi connectivity index (χ4n) is 4.16. The van der Waals surface area contributed by atoms with E-state index in [1.165, 1.54) is 4.57 Å². The van der Waals surface area contributed by atoms with Crippen molar-refractivity contribution in [3.63, 3.8) is 0 Å². The molecule has 160 valence electrons. The van der Waals surface area contributed by atoms with E-state index in [4.69, 9.17) is 0 Å². The SMILES string of the molecule is Cc1cn2cc(NC(=O)c3ccc(N4CCNCC4)c4cn(C)nc34)c(=O)n(C)c2n1. The monoisotopic (exact) mass is 420 g/mol. The molecule has 31 heavy (non-hydrogen) atoms. The molecule has 0 saturated carbocycles. The van der Waals surface area contributed by atoms with Crippen molar-refractivity contribution in [3.05, 3.63) is 52.3 Å². The molecule has 4 heterocycles. The van der Waals surface area contributed by atoms with Gasteiger partial charge in [0, 0.05) is 69.9 Å². The number of amides is 1. The second-order valence-corrected chi connectivity index (χ2v) is 7.88. The molecular weight excluding hydrogens is 396 g/mol. The number of hydrogen-bond acceptors (Lipinski definition) is 6. The first-order valence-corrected chi connectivity index (χ1v) is 10.2. The predicted molar refractivity (Wildman–Crippen MR) is 119 cm³/mol. The summed E-state index contributed by atoms with van der Waals surface area (Å²) in [5.41, 5.74) is 2.77. The van der Waals surface area contributed by atoms with Gasteiger partial charge in [-0.1, -0.05) is 0 Å². The molecular formula is C21H24N8O2. The number of imidazole rings is 1. The van der Waals surface area contributed by atoms with E-state index in [-0.39, 0.29) is 17.2 Å². The Labute approximate surface area is 178 Å². The molecule has 0 spiro atoms. The quantitative estimate of drug-likeness (QED) is 0.511. The zero-order valence-corrected chi connectivity index (χ0v) is 17.7. The fraction of sp³-hybridized carbons (Fsp3) is 0.333. The Kier molecular flexibility index (Phi) is 4.51. The maximum Gasteiger partial charge on any atom is 0.278 e. The molecule has 10 nitrogen and oxygen atoms in total. The summed E-state index contributed by atoms with van der Waals surface area (Å²) in [6, 6.07) is 3.75. The van der Waals surface area contributed by atoms with Gasteiger partial charge in [-0.15, -0.1) is 0 Å². The molecule has 1 saturated heterocycles. The average Bonchev–Trinajstić information content (AvgIpc) is 3.33. The molecule has 1 amide bonds. The van der Waals surface area contributed by atoms with Crippen molar-refractivity contribution in [3.8, 4) is 0 Å². The van der Waals surface area contributed by atoms with Crippen LogP contribution in [0, 0.1) is 6.92 Å². The minimum atomic E-state index is -0.371. The number of nitrogens with one attached hydrogen (secondary N) is 2. The Morgan fingerprint density at radius 2 is 1.90 bits per heavy atom. The molecule has 2 N–H and O–H groups in total. The lowest BCUT2D eigenvalue weighted by atomic mass is 10.1. The summed E-state index contributed by atoms with van der Waals surface area (Å²) in [5.74, 6) is 0.150. The first-order chi connectivity index (χ1) is 14.9. The van der Waals surface area contributed by atoms with E-state index in [0.717, 1.165) is 42.9 Å². The molecule has 10 heteroatoms. The van der Waals surface area contributed by atoms with Crippen LogP contribution in [-0.4, -0.2) is 55.8 Å². The van der Waals surface area contributed by atoms with Crippen LogP contribution in [0.2, 0.25) is 0 Å². The van der Waals surface area contributed by atoms with Crippen molar-refractivity contribution < 1.29 is 4.79 Å². The maximum atomic E-state index is 13.2. The molecule has 0 radical (unpaired) electrons. The third kappa shape index (κ3) is 3.25. The van der Waals surface area contributed by atoms with Gasteiger partial charge in [0.05, 0.1) is 11.3 Å². The van der Waals surface area contributed by atoms with Crippen LogP contribution in [0.25, 0.3) is 16.7 Å². The molecule has 0 aliphatic carbocycles. The lowest BCUT2D eigenvalue weighted by Crippen LogP contribution is -2.43. The molecule has 4 aromatic rings. The van der Waals surface area contributed by atoms with E-state index in [0.29, 0.717) is 16.9 Å². The van der Waals surface area contributed by atoms with Gasteiger partial charge in [-0.25, -0.2) is 4.98 Å². The van der Waals surface area contributed by atoms with Crippen LogP contribution >= 0.6 is 0 Å². The lowest BCUT2D eigenvalue weighted by Gasteiger charge is -2.30. The van der Waals surface area contributed by atoms with E-state index in [9.17, 15) is 9.59 Å². The zero-order valence-electron chi connectivity index (χ0n) is 17.7. The first-order valence-electron chi connectivity index (χ1n) is 10.2. The number of rotatable bonds is 3. The second kappa shape index (κ2) is 7.24. The van der Waals surface area contributed by atoms with Crippen molar-refractivity contribution in [2.75, 3.05) is 36.4 Å². The summed E-state index contributed by atoms with van der Waals surface area (Å²) in [7, 11) is 3.48. The number of carbonyl (C=O) groups excluding carboxylic acids is 1. The molecule has 0 unspecified atom stereocenters. The normalized spacial score (nSPS) is 14.5. The highest BCUT2D eigenvalue weighted by atomic mass is 16.2. The summed E-state index contributed by atoms with van der Waals surface area (Å²) in [4.78, 5) is 32.6. The molecule has 1 aliphatic heterocycles. The van der Waals surface area contributed by atoms with Crippen LogP contribution in [0.5, 0.6) is 0 Å². The third-order valence-electron chi connectivity index (χ3n) is 5.65. The van der Waals surface area contributed by atoms with Gasteiger partial charge in [0.15, 0.2) is 0 Å². The van der Waals surface area contributed by atoms with Crippen LogP contribution in [0.1, 0.15) is 16.1 Å². The molecule has 1 aromatic carbocycles. The largest absolute Gasteiger partial charge is 0.368 e. The Morgan fingerprint density at radius 3 is 2.68 bits per heavy atom. The van der Waals surface area contributed by atoms with E-state index >= 15 is 0 Å². The third-order valence-corrected chi connectivity index (χ3v) is 5.65. The highest BCUT2D eigenvalue weighted by molar-refractivity contribution is 6.13. The van der Waals surface area contributed by atoms with Crippen molar-refractivity contribution in [1.29, 1.82) is 0 Å². The topological polar surface area (TPSA) is 101 Å². The number of aryl methyl sites for hydroxylation is 3. The smallest absolute Gasteiger partial charge is 0.278 e. The van der Waals surface area contributed by atoms with Gasteiger partial charge in [0.2, 0.25) is 5.78 Å². The molecule has 0 atom stereocenters. The summed E-state index contributed by atoms with van der Waals surface area (Å²) in [5, 5.41) is 11.6. The van der Waals surface area contributed by atoms with Gasteiger partial charge in [-0.05, 0) is 19.1 Å². The standard InChI is InChI=1S/C21H24N8O2/c1-13-10-29-12-16(20(31)27(3)21(29)23-13)24-19(30)14-4-5-17(28-8-6-22-7-9-28)15-11-26(2)25-18(14)15/h4-5,10-12,22H,6-9H2,1-3H3,(H,24,30). The van der Waals surface area contributed by atoms with E-state index in [2.05, 4.69) is 25.6 Å². The van der Waals surface area contributed by atoms with Crippen molar-refractivity contribution in [2.45, 2.75) is 6.92 Å². The van der Waals surface area contributed by atoms with Crippen LogP contribution < -0.4 is 21.1 Å². The van der Waals surface area contributed by atoms with Crippen molar-refractivity contribution in [1.82, 2.24) is 29.0 Å². The second-order valence-electron chi connectivity index (χ2n) is 7.88. The molecule has 1 fully saturated rings. The number of anilines is 2. The Morgan fingerprint density at radius 1 is 1.13 bits per heavy atom. The number of fused-ring (bicyclic) bond motifs is 2. The number of aromatic nitrogens is 5. The number of nitrogens with zero attached hydrogens (tertiary/aromatic N) is 6. The number of piperazine rings is 1. The van der Waals surface area contributed by atoms with Crippen molar-refractivity contribution >= 4 is 34.0 Å². The van der Waals surface area contributed by atoms with Gasteiger partial charge >= 0.3 is 0 Å². The number of carbonyl (C=O) groups is 1. The van der Waals surface area contributed by atoms with Crippen LogP contribution in [0.3, 0.4) is 0 Å². The number of hydrogen-bond donors (Lipinski definition) is 2. The van der Waals surface area contributed by atoms with E-state index in [1.807, 2.05) is 32.4 Å². The Hall–Kier alpha value is -3.66. The van der Waals surface area contributed by atoms with E-state index in [1.54, 1.807) is 28.4 Å². The molecule has 3 aromatic heterocycles. The highest BCUT2D eigenvalue weighted by Crippen LogP contribution is 2.29. The molecule has 5 rings (SSSR count). The highest BCUT2D eigenvalue weighted by Gasteiger charge is 2.21. The first kappa shape index (κ1) is 19.3.